The first-order valence-corrected chi connectivity index (χ1v) is 8.58. The molecule has 1 saturated heterocycles. The molecule has 2 rings (SSSR count). The maximum absolute atomic E-state index is 12.5. The van der Waals surface area contributed by atoms with Crippen molar-refractivity contribution in [2.45, 2.75) is 39.0 Å². The van der Waals surface area contributed by atoms with E-state index in [0.717, 1.165) is 26.1 Å². The molecule has 0 amide bonds. The number of hydrogen-bond acceptors (Lipinski definition) is 5. The molecule has 6 heteroatoms. The number of aliphatic hydroxyl groups is 1. The summed E-state index contributed by atoms with van der Waals surface area (Å²) in [6, 6.07) is 0. The number of ketones is 1. The molecule has 2 aliphatic rings. The summed E-state index contributed by atoms with van der Waals surface area (Å²) in [4.78, 5) is 17.6. The zero-order chi connectivity index (χ0) is 16.7. The minimum atomic E-state index is -0.0395. The maximum atomic E-state index is 12.5. The molecule has 1 aliphatic heterocycles. The van der Waals surface area contributed by atoms with Crippen LogP contribution in [-0.2, 0) is 14.4 Å². The van der Waals surface area contributed by atoms with E-state index in [1.165, 1.54) is 5.54 Å². The van der Waals surface area contributed by atoms with Gasteiger partial charge < -0.3 is 14.7 Å². The number of carbonyl (C=O) groups excluding carboxylic acids is 1. The highest BCUT2D eigenvalue weighted by atomic mass is 35.5. The number of halogens is 1. The van der Waals surface area contributed by atoms with E-state index < -0.39 is 0 Å². The van der Waals surface area contributed by atoms with Crippen LogP contribution in [0, 0.1) is 11.8 Å². The van der Waals surface area contributed by atoms with Crippen molar-refractivity contribution in [3.05, 3.63) is 22.9 Å². The summed E-state index contributed by atoms with van der Waals surface area (Å²) in [5.74, 6) is 0.758. The summed E-state index contributed by atoms with van der Waals surface area (Å²) in [5.41, 5.74) is 2.19. The third-order valence-corrected chi connectivity index (χ3v) is 4.64. The number of aliphatic hydroxyl groups excluding tert-OH is 1. The van der Waals surface area contributed by atoms with Crippen LogP contribution in [0.4, 0.5) is 0 Å². The van der Waals surface area contributed by atoms with Crippen LogP contribution in [0.2, 0.25) is 0 Å². The van der Waals surface area contributed by atoms with Crippen LogP contribution in [0.25, 0.3) is 0 Å². The molecule has 1 fully saturated rings. The van der Waals surface area contributed by atoms with E-state index in [1.807, 2.05) is 6.92 Å². The number of nitrogens with zero attached hydrogens (tertiary/aromatic N) is 1. The zero-order valence-corrected chi connectivity index (χ0v) is 14.2. The van der Waals surface area contributed by atoms with Gasteiger partial charge in [0.25, 0.3) is 0 Å². The van der Waals surface area contributed by atoms with Gasteiger partial charge in [0.05, 0.1) is 11.3 Å². The molecule has 1 N–H and O–H groups in total. The summed E-state index contributed by atoms with van der Waals surface area (Å²) < 4.78 is 5.38. The average Bonchev–Trinajstić information content (AvgIpc) is 2.57. The normalized spacial score (nSPS) is 24.5. The van der Waals surface area contributed by atoms with Gasteiger partial charge in [0, 0.05) is 31.6 Å². The third kappa shape index (κ3) is 4.82. The number of carbonyl (C=O) groups is 1. The van der Waals surface area contributed by atoms with Crippen molar-refractivity contribution in [2.75, 3.05) is 19.8 Å². The number of oxime groups is 1. The Morgan fingerprint density at radius 2 is 2.13 bits per heavy atom. The van der Waals surface area contributed by atoms with E-state index >= 15 is 0 Å². The smallest absolute Gasteiger partial charge is 0.168 e. The minimum Gasteiger partial charge on any atom is -0.511 e. The molecule has 5 nitrogen and oxygen atoms in total. The molecule has 1 aliphatic carbocycles. The van der Waals surface area contributed by atoms with Crippen molar-refractivity contribution < 1.29 is 19.5 Å². The molecule has 0 radical (unpaired) electrons. The number of rotatable bonds is 6. The van der Waals surface area contributed by atoms with Crippen molar-refractivity contribution in [1.82, 2.24) is 0 Å². The first-order chi connectivity index (χ1) is 11.2. The van der Waals surface area contributed by atoms with Gasteiger partial charge in [-0.2, -0.15) is 0 Å². The molecular weight excluding hydrogens is 318 g/mol. The number of hydrogen-bond donors (Lipinski definition) is 1. The van der Waals surface area contributed by atoms with Crippen molar-refractivity contribution in [3.8, 4) is 0 Å². The Kier molecular flexibility index (Phi) is 7.12. The lowest BCUT2D eigenvalue weighted by Crippen LogP contribution is -2.31. The Hall–Kier alpha value is -1.33. The second-order valence-corrected chi connectivity index (χ2v) is 6.16. The van der Waals surface area contributed by atoms with Crippen LogP contribution in [0.15, 0.2) is 28.1 Å². The standard InChI is InChI=1S/C17H24ClNO4/c1-2-14(19-23-7-3-6-18)17-15(20)10-13(11-16(17)21)12-4-8-22-9-5-12/h3,6,12-13,20H,2,4-5,7-11H2,1H3/b6-3+,19-14?/t13-/m1/s1. The van der Waals surface area contributed by atoms with Gasteiger partial charge in [0.15, 0.2) is 5.78 Å². The number of allylic oxidation sites excluding steroid dienone is 2. The van der Waals surface area contributed by atoms with E-state index in [9.17, 15) is 9.90 Å². The molecular formula is C17H24ClNO4. The first kappa shape index (κ1) is 18.0. The Morgan fingerprint density at radius 3 is 2.74 bits per heavy atom. The largest absolute Gasteiger partial charge is 0.511 e. The van der Waals surface area contributed by atoms with Crippen LogP contribution in [0.1, 0.15) is 39.0 Å². The Bertz CT molecular complexity index is 507. The quantitative estimate of drug-likeness (QED) is 0.454. The average molecular weight is 342 g/mol. The molecule has 0 bridgehead atoms. The van der Waals surface area contributed by atoms with Gasteiger partial charge >= 0.3 is 0 Å². The summed E-state index contributed by atoms with van der Waals surface area (Å²) in [6.07, 6.45) is 5.05. The van der Waals surface area contributed by atoms with Gasteiger partial charge in [-0.1, -0.05) is 23.7 Å². The minimum absolute atomic E-state index is 0.0395. The summed E-state index contributed by atoms with van der Waals surface area (Å²) in [6.45, 7) is 3.62. The Labute approximate surface area is 142 Å². The molecule has 0 aromatic carbocycles. The summed E-state index contributed by atoms with van der Waals surface area (Å²) in [7, 11) is 0. The van der Waals surface area contributed by atoms with Gasteiger partial charge in [0.2, 0.25) is 0 Å². The van der Waals surface area contributed by atoms with E-state index in [0.29, 0.717) is 36.5 Å². The third-order valence-electron chi connectivity index (χ3n) is 4.46. The van der Waals surface area contributed by atoms with Gasteiger partial charge in [0.1, 0.15) is 12.4 Å². The van der Waals surface area contributed by atoms with Crippen LogP contribution in [0.3, 0.4) is 0 Å². The number of Topliss-reactive ketones (excluding diaryl/α,β-unsaturated/α-hetero) is 1. The van der Waals surface area contributed by atoms with Crippen LogP contribution >= 0.6 is 11.6 Å². The van der Waals surface area contributed by atoms with Crippen molar-refractivity contribution in [2.24, 2.45) is 17.0 Å². The molecule has 1 heterocycles. The molecule has 0 saturated carbocycles. The Morgan fingerprint density at radius 1 is 1.39 bits per heavy atom. The first-order valence-electron chi connectivity index (χ1n) is 8.14. The van der Waals surface area contributed by atoms with Crippen LogP contribution in [-0.4, -0.2) is 36.4 Å². The highest BCUT2D eigenvalue weighted by Crippen LogP contribution is 2.36. The summed E-state index contributed by atoms with van der Waals surface area (Å²) >= 11 is 5.41. The van der Waals surface area contributed by atoms with Crippen molar-refractivity contribution >= 4 is 23.1 Å². The van der Waals surface area contributed by atoms with Gasteiger partial charge in [-0.05, 0) is 37.2 Å². The fourth-order valence-electron chi connectivity index (χ4n) is 3.25. The Balaban J connectivity index is 2.09. The topological polar surface area (TPSA) is 68.1 Å². The van der Waals surface area contributed by atoms with Crippen molar-refractivity contribution in [1.29, 1.82) is 0 Å². The lowest BCUT2D eigenvalue weighted by atomic mass is 9.75. The molecule has 1 atom stereocenters. The highest BCUT2D eigenvalue weighted by Gasteiger charge is 2.34. The van der Waals surface area contributed by atoms with Crippen molar-refractivity contribution in [3.63, 3.8) is 0 Å². The SMILES string of the molecule is CCC(=NOC/C=C/Cl)C1=C(O)C[C@@H](C2CCOCC2)CC1=O. The zero-order valence-electron chi connectivity index (χ0n) is 13.5. The molecule has 23 heavy (non-hydrogen) atoms. The van der Waals surface area contributed by atoms with Crippen LogP contribution < -0.4 is 0 Å². The fourth-order valence-corrected chi connectivity index (χ4v) is 3.33. The predicted molar refractivity (Wildman–Crippen MR) is 89.6 cm³/mol. The molecule has 0 aromatic rings. The molecule has 0 spiro atoms. The summed E-state index contributed by atoms with van der Waals surface area (Å²) in [5, 5.41) is 14.4. The van der Waals surface area contributed by atoms with Gasteiger partial charge in [-0.25, -0.2) is 0 Å². The predicted octanol–water partition coefficient (Wildman–Crippen LogP) is 3.74. The molecule has 0 aromatic heterocycles. The second-order valence-electron chi connectivity index (χ2n) is 5.91. The lowest BCUT2D eigenvalue weighted by Gasteiger charge is -2.32. The van der Waals surface area contributed by atoms with Crippen LogP contribution in [0.5, 0.6) is 0 Å². The highest BCUT2D eigenvalue weighted by molar-refractivity contribution is 6.25. The molecule has 128 valence electrons. The second kappa shape index (κ2) is 9.08. The van der Waals surface area contributed by atoms with E-state index in [4.69, 9.17) is 21.2 Å². The fraction of sp³-hybridized carbons (Fsp3) is 0.647. The van der Waals surface area contributed by atoms with Gasteiger partial charge in [-0.15, -0.1) is 0 Å². The maximum Gasteiger partial charge on any atom is 0.168 e. The molecule has 0 unspecified atom stereocenters. The van der Waals surface area contributed by atoms with Gasteiger partial charge in [-0.3, -0.25) is 4.79 Å². The lowest BCUT2D eigenvalue weighted by molar-refractivity contribution is -0.117. The monoisotopic (exact) mass is 341 g/mol. The van der Waals surface area contributed by atoms with E-state index in [-0.39, 0.29) is 24.1 Å². The van der Waals surface area contributed by atoms with E-state index in [1.54, 1.807) is 6.08 Å². The number of ether oxygens (including phenoxy) is 1. The van der Waals surface area contributed by atoms with E-state index in [2.05, 4.69) is 5.16 Å².